The molecule has 0 atom stereocenters. The predicted octanol–water partition coefficient (Wildman–Crippen LogP) is 3.54. The highest BCUT2D eigenvalue weighted by Crippen LogP contribution is 2.27. The minimum absolute atomic E-state index is 0.177. The first kappa shape index (κ1) is 19.6. The molecule has 0 aliphatic heterocycles. The van der Waals surface area contributed by atoms with Crippen LogP contribution in [0.5, 0.6) is 5.75 Å². The van der Waals surface area contributed by atoms with E-state index in [1.165, 1.54) is 6.07 Å². The van der Waals surface area contributed by atoms with E-state index >= 15 is 0 Å². The Morgan fingerprint density at radius 3 is 2.46 bits per heavy atom. The van der Waals surface area contributed by atoms with Crippen molar-refractivity contribution >= 4 is 40.7 Å². The zero-order chi connectivity index (χ0) is 18.9. The second kappa shape index (κ2) is 9.66. The third kappa shape index (κ3) is 6.28. The van der Waals surface area contributed by atoms with Gasteiger partial charge < -0.3 is 15.4 Å². The van der Waals surface area contributed by atoms with Crippen LogP contribution in [-0.2, 0) is 16.1 Å². The van der Waals surface area contributed by atoms with Gasteiger partial charge in [-0.15, -0.1) is 0 Å². The van der Waals surface area contributed by atoms with Crippen LogP contribution < -0.4 is 15.4 Å². The zero-order valence-electron chi connectivity index (χ0n) is 13.6. The molecule has 8 heteroatoms. The maximum atomic E-state index is 11.9. The van der Waals surface area contributed by atoms with Gasteiger partial charge in [0.1, 0.15) is 12.2 Å². The Kier molecular flexibility index (Phi) is 7.27. The SMILES string of the molecule is N#CCC(=O)Nc1ccc(CNC(=O)COc2ccc(Cl)cc2Cl)cc1. The second-order valence-corrected chi connectivity index (χ2v) is 6.06. The van der Waals surface area contributed by atoms with E-state index in [0.717, 1.165) is 5.56 Å². The molecule has 0 saturated carbocycles. The maximum absolute atomic E-state index is 11.9. The Morgan fingerprint density at radius 2 is 1.81 bits per heavy atom. The standard InChI is InChI=1S/C18H15Cl2N3O3/c19-13-3-6-16(15(20)9-13)26-11-18(25)22-10-12-1-4-14(5-2-12)23-17(24)7-8-21/h1-6,9H,7,10-11H2,(H,22,25)(H,23,24). The van der Waals surface area contributed by atoms with Crippen molar-refractivity contribution in [1.29, 1.82) is 5.26 Å². The molecule has 0 heterocycles. The number of rotatable bonds is 7. The number of carbonyl (C=O) groups is 2. The van der Waals surface area contributed by atoms with Gasteiger partial charge in [-0.25, -0.2) is 0 Å². The molecule has 0 aliphatic carbocycles. The maximum Gasteiger partial charge on any atom is 0.258 e. The van der Waals surface area contributed by atoms with Crippen LogP contribution >= 0.6 is 23.2 Å². The van der Waals surface area contributed by atoms with Gasteiger partial charge in [0.2, 0.25) is 5.91 Å². The molecule has 134 valence electrons. The molecule has 0 aliphatic rings. The van der Waals surface area contributed by atoms with Crippen LogP contribution in [0, 0.1) is 11.3 Å². The van der Waals surface area contributed by atoms with Crippen LogP contribution in [-0.4, -0.2) is 18.4 Å². The monoisotopic (exact) mass is 391 g/mol. The second-order valence-electron chi connectivity index (χ2n) is 5.22. The first-order chi connectivity index (χ1) is 12.5. The highest BCUT2D eigenvalue weighted by atomic mass is 35.5. The van der Waals surface area contributed by atoms with E-state index < -0.39 is 0 Å². The zero-order valence-corrected chi connectivity index (χ0v) is 15.1. The Bertz CT molecular complexity index is 833. The highest BCUT2D eigenvalue weighted by molar-refractivity contribution is 6.35. The van der Waals surface area contributed by atoms with Crippen molar-refractivity contribution in [2.24, 2.45) is 0 Å². The minimum Gasteiger partial charge on any atom is -0.482 e. The third-order valence-corrected chi connectivity index (χ3v) is 3.75. The van der Waals surface area contributed by atoms with Crippen molar-refractivity contribution < 1.29 is 14.3 Å². The fourth-order valence-corrected chi connectivity index (χ4v) is 2.43. The van der Waals surface area contributed by atoms with Crippen molar-refractivity contribution in [3.05, 3.63) is 58.1 Å². The topological polar surface area (TPSA) is 91.2 Å². The van der Waals surface area contributed by atoms with Crippen LogP contribution in [0.3, 0.4) is 0 Å². The molecule has 0 saturated heterocycles. The molecular formula is C18H15Cl2N3O3. The average Bonchev–Trinajstić information content (AvgIpc) is 2.60. The summed E-state index contributed by atoms with van der Waals surface area (Å²) in [4.78, 5) is 23.2. The van der Waals surface area contributed by atoms with Crippen LogP contribution in [0.4, 0.5) is 5.69 Å². The quantitative estimate of drug-likeness (QED) is 0.754. The lowest BCUT2D eigenvalue weighted by atomic mass is 10.2. The number of hydrogen-bond acceptors (Lipinski definition) is 4. The van der Waals surface area contributed by atoms with Crippen molar-refractivity contribution in [2.45, 2.75) is 13.0 Å². The van der Waals surface area contributed by atoms with Crippen molar-refractivity contribution in [2.75, 3.05) is 11.9 Å². The lowest BCUT2D eigenvalue weighted by Crippen LogP contribution is -2.28. The largest absolute Gasteiger partial charge is 0.482 e. The molecule has 0 fully saturated rings. The summed E-state index contributed by atoms with van der Waals surface area (Å²) < 4.78 is 5.35. The molecular weight excluding hydrogens is 377 g/mol. The summed E-state index contributed by atoms with van der Waals surface area (Å²) in [6.07, 6.45) is -0.199. The number of hydrogen-bond donors (Lipinski definition) is 2. The van der Waals surface area contributed by atoms with Crippen LogP contribution in [0.2, 0.25) is 10.0 Å². The number of nitriles is 1. The Hall–Kier alpha value is -2.75. The number of halogens is 2. The Balaban J connectivity index is 1.78. The molecule has 0 spiro atoms. The van der Waals surface area contributed by atoms with Gasteiger partial charge in [0.05, 0.1) is 11.1 Å². The molecule has 2 amide bonds. The van der Waals surface area contributed by atoms with Gasteiger partial charge in [0.15, 0.2) is 6.61 Å². The Labute approximate surface area is 160 Å². The highest BCUT2D eigenvalue weighted by Gasteiger charge is 2.07. The molecule has 0 bridgehead atoms. The van der Waals surface area contributed by atoms with Crippen molar-refractivity contribution in [3.8, 4) is 11.8 Å². The van der Waals surface area contributed by atoms with Gasteiger partial charge in [-0.1, -0.05) is 35.3 Å². The fraction of sp³-hybridized carbons (Fsp3) is 0.167. The van der Waals surface area contributed by atoms with E-state index in [-0.39, 0.29) is 24.8 Å². The van der Waals surface area contributed by atoms with Crippen molar-refractivity contribution in [1.82, 2.24) is 5.32 Å². The molecule has 2 aromatic rings. The fourth-order valence-electron chi connectivity index (χ4n) is 1.97. The van der Waals surface area contributed by atoms with Gasteiger partial charge in [0.25, 0.3) is 5.91 Å². The number of carbonyl (C=O) groups excluding carboxylic acids is 2. The van der Waals surface area contributed by atoms with E-state index in [1.54, 1.807) is 42.5 Å². The average molecular weight is 392 g/mol. The molecule has 6 nitrogen and oxygen atoms in total. The number of ether oxygens (including phenoxy) is 1. The molecule has 0 aromatic heterocycles. The number of benzene rings is 2. The first-order valence-electron chi connectivity index (χ1n) is 7.58. The number of anilines is 1. The normalized spacial score (nSPS) is 9.88. The smallest absolute Gasteiger partial charge is 0.258 e. The van der Waals surface area contributed by atoms with Crippen LogP contribution in [0.1, 0.15) is 12.0 Å². The van der Waals surface area contributed by atoms with E-state index in [9.17, 15) is 9.59 Å². The molecule has 26 heavy (non-hydrogen) atoms. The van der Waals surface area contributed by atoms with Crippen LogP contribution in [0.15, 0.2) is 42.5 Å². The summed E-state index contributed by atoms with van der Waals surface area (Å²) in [7, 11) is 0. The molecule has 2 rings (SSSR count). The third-order valence-electron chi connectivity index (χ3n) is 3.22. The van der Waals surface area contributed by atoms with Gasteiger partial charge in [-0.3, -0.25) is 9.59 Å². The van der Waals surface area contributed by atoms with Gasteiger partial charge in [-0.2, -0.15) is 5.26 Å². The summed E-state index contributed by atoms with van der Waals surface area (Å²) in [5, 5.41) is 14.6. The van der Waals surface area contributed by atoms with E-state index in [1.807, 2.05) is 0 Å². The summed E-state index contributed by atoms with van der Waals surface area (Å²) in [6, 6.07) is 13.4. The molecule has 2 aromatic carbocycles. The molecule has 0 unspecified atom stereocenters. The van der Waals surface area contributed by atoms with Gasteiger partial charge >= 0.3 is 0 Å². The predicted molar refractivity (Wildman–Crippen MR) is 99.1 cm³/mol. The molecule has 0 radical (unpaired) electrons. The first-order valence-corrected chi connectivity index (χ1v) is 8.34. The number of amides is 2. The van der Waals surface area contributed by atoms with E-state index in [4.69, 9.17) is 33.2 Å². The lowest BCUT2D eigenvalue weighted by Gasteiger charge is -2.09. The summed E-state index contributed by atoms with van der Waals surface area (Å²) in [5.41, 5.74) is 1.43. The van der Waals surface area contributed by atoms with Gasteiger partial charge in [0, 0.05) is 17.3 Å². The summed E-state index contributed by atoms with van der Waals surface area (Å²) >= 11 is 11.8. The number of nitrogens with one attached hydrogen (secondary N) is 2. The Morgan fingerprint density at radius 1 is 1.08 bits per heavy atom. The lowest BCUT2D eigenvalue weighted by molar-refractivity contribution is -0.123. The molecule has 2 N–H and O–H groups in total. The van der Waals surface area contributed by atoms with E-state index in [2.05, 4.69) is 10.6 Å². The summed E-state index contributed by atoms with van der Waals surface area (Å²) in [5.74, 6) is -0.294. The van der Waals surface area contributed by atoms with Crippen molar-refractivity contribution in [3.63, 3.8) is 0 Å². The van der Waals surface area contributed by atoms with Crippen LogP contribution in [0.25, 0.3) is 0 Å². The van der Waals surface area contributed by atoms with Gasteiger partial charge in [-0.05, 0) is 35.9 Å². The summed E-state index contributed by atoms with van der Waals surface area (Å²) in [6.45, 7) is 0.132. The van der Waals surface area contributed by atoms with E-state index in [0.29, 0.717) is 28.0 Å². The number of nitrogens with zero attached hydrogens (tertiary/aromatic N) is 1. The minimum atomic E-state index is -0.369.